The Kier molecular flexibility index (Phi) is 9.37. The van der Waals surface area contributed by atoms with E-state index in [9.17, 15) is 0 Å². The van der Waals surface area contributed by atoms with Gasteiger partial charge in [-0.15, -0.1) is 0 Å². The van der Waals surface area contributed by atoms with Crippen LogP contribution in [0.4, 0.5) is 0 Å². The number of unbranched alkanes of at least 4 members (excludes halogenated alkanes) is 1. The molecule has 0 saturated carbocycles. The van der Waals surface area contributed by atoms with E-state index in [0.29, 0.717) is 0 Å². The fraction of sp³-hybridized carbons (Fsp3) is 0.650. The highest BCUT2D eigenvalue weighted by Crippen LogP contribution is 2.08. The number of hydrogen-bond donors (Lipinski definition) is 2. The zero-order valence-electron chi connectivity index (χ0n) is 16.0. The molecule has 2 rings (SSSR count). The van der Waals surface area contributed by atoms with Crippen LogP contribution in [0.25, 0.3) is 0 Å². The van der Waals surface area contributed by atoms with Gasteiger partial charge in [-0.05, 0) is 31.4 Å². The van der Waals surface area contributed by atoms with Gasteiger partial charge in [-0.1, -0.05) is 37.3 Å². The summed E-state index contributed by atoms with van der Waals surface area (Å²) in [6, 6.07) is 10.8. The van der Waals surface area contributed by atoms with Gasteiger partial charge >= 0.3 is 0 Å². The van der Waals surface area contributed by atoms with E-state index < -0.39 is 0 Å². The molecule has 1 aromatic rings. The number of rotatable bonds is 9. The van der Waals surface area contributed by atoms with Gasteiger partial charge in [0.15, 0.2) is 5.96 Å². The molecule has 0 aromatic heterocycles. The first-order chi connectivity index (χ1) is 12.3. The van der Waals surface area contributed by atoms with E-state index in [2.05, 4.69) is 62.7 Å². The molecule has 0 spiro atoms. The molecule has 1 fully saturated rings. The maximum Gasteiger partial charge on any atom is 0.190 e. The molecule has 5 nitrogen and oxygen atoms in total. The van der Waals surface area contributed by atoms with Gasteiger partial charge in [-0.25, -0.2) is 0 Å². The number of benzene rings is 1. The average molecular weight is 346 g/mol. The van der Waals surface area contributed by atoms with Crippen molar-refractivity contribution in [3.63, 3.8) is 0 Å². The van der Waals surface area contributed by atoms with Crippen molar-refractivity contribution in [2.45, 2.75) is 32.7 Å². The zero-order valence-corrected chi connectivity index (χ0v) is 16.0. The number of hydrogen-bond acceptors (Lipinski definition) is 3. The van der Waals surface area contributed by atoms with Gasteiger partial charge < -0.3 is 15.5 Å². The van der Waals surface area contributed by atoms with Crippen LogP contribution >= 0.6 is 0 Å². The van der Waals surface area contributed by atoms with Crippen molar-refractivity contribution in [1.29, 1.82) is 0 Å². The summed E-state index contributed by atoms with van der Waals surface area (Å²) in [6.45, 7) is 11.2. The average Bonchev–Trinajstić information content (AvgIpc) is 2.66. The highest BCUT2D eigenvalue weighted by molar-refractivity contribution is 5.79. The lowest BCUT2D eigenvalue weighted by Crippen LogP contribution is -2.46. The topological polar surface area (TPSA) is 42.9 Å². The van der Waals surface area contributed by atoms with Crippen molar-refractivity contribution >= 4 is 5.96 Å². The Morgan fingerprint density at radius 3 is 2.32 bits per heavy atom. The second-order valence-electron chi connectivity index (χ2n) is 6.74. The molecule has 0 amide bonds. The molecule has 25 heavy (non-hydrogen) atoms. The van der Waals surface area contributed by atoms with Gasteiger partial charge in [-0.2, -0.15) is 0 Å². The SMILES string of the molecule is CCCNC(=NC)NCCCCN1CCN(Cc2ccccc2)CC1. The van der Waals surface area contributed by atoms with E-state index in [0.717, 1.165) is 32.0 Å². The molecule has 2 N–H and O–H groups in total. The van der Waals surface area contributed by atoms with Crippen LogP contribution in [0.2, 0.25) is 0 Å². The summed E-state index contributed by atoms with van der Waals surface area (Å²) in [4.78, 5) is 9.40. The first kappa shape index (κ1) is 19.7. The molecular weight excluding hydrogens is 310 g/mol. The zero-order chi connectivity index (χ0) is 17.7. The Bertz CT molecular complexity index is 480. The standard InChI is InChI=1S/C20H35N5/c1-3-11-22-20(21-2)23-12-7-8-13-24-14-16-25(17-15-24)18-19-9-5-4-6-10-19/h4-6,9-10H,3,7-8,11-18H2,1-2H3,(H2,21,22,23). The number of guanidine groups is 1. The smallest absolute Gasteiger partial charge is 0.190 e. The fourth-order valence-electron chi connectivity index (χ4n) is 3.14. The van der Waals surface area contributed by atoms with Gasteiger partial charge in [0.25, 0.3) is 0 Å². The quantitative estimate of drug-likeness (QED) is 0.409. The molecule has 1 saturated heterocycles. The Labute approximate surface area is 153 Å². The minimum Gasteiger partial charge on any atom is -0.356 e. The Balaban J connectivity index is 1.52. The predicted octanol–water partition coefficient (Wildman–Crippen LogP) is 2.16. The second-order valence-corrected chi connectivity index (χ2v) is 6.74. The van der Waals surface area contributed by atoms with E-state index in [1.807, 2.05) is 7.05 Å². The van der Waals surface area contributed by atoms with Gasteiger partial charge in [0.2, 0.25) is 0 Å². The summed E-state index contributed by atoms with van der Waals surface area (Å²) >= 11 is 0. The molecule has 0 radical (unpaired) electrons. The second kappa shape index (κ2) is 11.9. The van der Waals surface area contributed by atoms with Crippen LogP contribution in [-0.2, 0) is 6.54 Å². The lowest BCUT2D eigenvalue weighted by atomic mass is 10.2. The first-order valence-corrected chi connectivity index (χ1v) is 9.75. The van der Waals surface area contributed by atoms with Crippen LogP contribution < -0.4 is 10.6 Å². The highest BCUT2D eigenvalue weighted by Gasteiger charge is 2.16. The number of nitrogens with zero attached hydrogens (tertiary/aromatic N) is 3. The lowest BCUT2D eigenvalue weighted by Gasteiger charge is -2.34. The van der Waals surface area contributed by atoms with E-state index in [4.69, 9.17) is 0 Å². The van der Waals surface area contributed by atoms with E-state index in [1.165, 1.54) is 51.1 Å². The normalized spacial score (nSPS) is 16.8. The summed E-state index contributed by atoms with van der Waals surface area (Å²) in [5.41, 5.74) is 1.42. The van der Waals surface area contributed by atoms with Crippen LogP contribution in [0.3, 0.4) is 0 Å². The van der Waals surface area contributed by atoms with E-state index in [-0.39, 0.29) is 0 Å². The Morgan fingerprint density at radius 2 is 1.64 bits per heavy atom. The summed E-state index contributed by atoms with van der Waals surface area (Å²) in [5.74, 6) is 0.927. The van der Waals surface area contributed by atoms with Crippen molar-refractivity contribution in [3.05, 3.63) is 35.9 Å². The largest absolute Gasteiger partial charge is 0.356 e. The lowest BCUT2D eigenvalue weighted by molar-refractivity contribution is 0.126. The molecule has 1 heterocycles. The maximum absolute atomic E-state index is 4.23. The number of nitrogens with one attached hydrogen (secondary N) is 2. The van der Waals surface area contributed by atoms with Crippen LogP contribution in [0.15, 0.2) is 35.3 Å². The Hall–Kier alpha value is -1.59. The van der Waals surface area contributed by atoms with Gasteiger partial charge in [0.05, 0.1) is 0 Å². The van der Waals surface area contributed by atoms with E-state index >= 15 is 0 Å². The van der Waals surface area contributed by atoms with Crippen molar-refractivity contribution in [2.24, 2.45) is 4.99 Å². The van der Waals surface area contributed by atoms with Crippen LogP contribution in [-0.4, -0.2) is 68.6 Å². The van der Waals surface area contributed by atoms with Crippen LogP contribution in [0.5, 0.6) is 0 Å². The van der Waals surface area contributed by atoms with Crippen molar-refractivity contribution in [1.82, 2.24) is 20.4 Å². The van der Waals surface area contributed by atoms with Gasteiger partial charge in [0.1, 0.15) is 0 Å². The third-order valence-electron chi connectivity index (χ3n) is 4.67. The van der Waals surface area contributed by atoms with Crippen molar-refractivity contribution in [3.8, 4) is 0 Å². The molecule has 1 aliphatic heterocycles. The Morgan fingerprint density at radius 1 is 0.960 bits per heavy atom. The van der Waals surface area contributed by atoms with Crippen molar-refractivity contribution in [2.75, 3.05) is 52.9 Å². The molecule has 140 valence electrons. The predicted molar refractivity (Wildman–Crippen MR) is 107 cm³/mol. The van der Waals surface area contributed by atoms with Gasteiger partial charge in [-0.3, -0.25) is 9.89 Å². The minimum absolute atomic E-state index is 0.927. The molecule has 0 unspecified atom stereocenters. The molecule has 0 bridgehead atoms. The molecule has 1 aliphatic rings. The molecular formula is C20H35N5. The van der Waals surface area contributed by atoms with Crippen molar-refractivity contribution < 1.29 is 0 Å². The number of piperazine rings is 1. The van der Waals surface area contributed by atoms with Crippen LogP contribution in [0.1, 0.15) is 31.7 Å². The summed E-state index contributed by atoms with van der Waals surface area (Å²) in [7, 11) is 1.83. The highest BCUT2D eigenvalue weighted by atomic mass is 15.3. The third kappa shape index (κ3) is 7.88. The van der Waals surface area contributed by atoms with Crippen LogP contribution in [0, 0.1) is 0 Å². The summed E-state index contributed by atoms with van der Waals surface area (Å²) < 4.78 is 0. The first-order valence-electron chi connectivity index (χ1n) is 9.75. The summed E-state index contributed by atoms with van der Waals surface area (Å²) in [5, 5.41) is 6.70. The van der Waals surface area contributed by atoms with Gasteiger partial charge in [0, 0.05) is 52.9 Å². The fourth-order valence-corrected chi connectivity index (χ4v) is 3.14. The minimum atomic E-state index is 0.927. The van der Waals surface area contributed by atoms with E-state index in [1.54, 1.807) is 0 Å². The molecule has 0 atom stereocenters. The number of aliphatic imine (C=N–C) groups is 1. The molecule has 0 aliphatic carbocycles. The third-order valence-corrected chi connectivity index (χ3v) is 4.67. The monoisotopic (exact) mass is 345 g/mol. The molecule has 5 heteroatoms. The molecule has 1 aromatic carbocycles. The summed E-state index contributed by atoms with van der Waals surface area (Å²) in [6.07, 6.45) is 3.56. The maximum atomic E-state index is 4.23.